The van der Waals surface area contributed by atoms with E-state index in [0.717, 1.165) is 6.07 Å². The standard InChI is InChI=1S/C14H9F4NO2/c1-21-13-9(3-2-6-19-13)12(20)8-4-5-10(11(15)7-8)14(16,17)18/h2-7H,1H3. The molecule has 110 valence electrons. The molecule has 0 aliphatic heterocycles. The SMILES string of the molecule is COc1ncccc1C(=O)c1ccc(C(F)(F)F)c(F)c1. The van der Waals surface area contributed by atoms with Gasteiger partial charge in [0.1, 0.15) is 5.82 Å². The number of nitrogens with zero attached hydrogens (tertiary/aromatic N) is 1. The average molecular weight is 299 g/mol. The Morgan fingerprint density at radius 3 is 2.52 bits per heavy atom. The lowest BCUT2D eigenvalue weighted by Gasteiger charge is -2.10. The minimum atomic E-state index is -4.81. The molecule has 1 aromatic carbocycles. The van der Waals surface area contributed by atoms with Crippen LogP contribution in [0.3, 0.4) is 0 Å². The summed E-state index contributed by atoms with van der Waals surface area (Å²) >= 11 is 0. The van der Waals surface area contributed by atoms with Crippen molar-refractivity contribution in [3.63, 3.8) is 0 Å². The largest absolute Gasteiger partial charge is 0.480 e. The molecule has 0 aliphatic carbocycles. The maximum Gasteiger partial charge on any atom is 0.419 e. The molecule has 0 amide bonds. The first-order chi connectivity index (χ1) is 9.84. The zero-order chi connectivity index (χ0) is 15.6. The molecule has 0 saturated carbocycles. The van der Waals surface area contributed by atoms with Gasteiger partial charge in [0.25, 0.3) is 0 Å². The summed E-state index contributed by atoms with van der Waals surface area (Å²) in [6, 6.07) is 4.86. The fraction of sp³-hybridized carbons (Fsp3) is 0.143. The van der Waals surface area contributed by atoms with E-state index in [9.17, 15) is 22.4 Å². The lowest BCUT2D eigenvalue weighted by molar-refractivity contribution is -0.140. The molecule has 0 bridgehead atoms. The van der Waals surface area contributed by atoms with E-state index >= 15 is 0 Å². The van der Waals surface area contributed by atoms with E-state index in [1.807, 2.05) is 0 Å². The molecule has 0 radical (unpaired) electrons. The average Bonchev–Trinajstić information content (AvgIpc) is 2.45. The van der Waals surface area contributed by atoms with Crippen molar-refractivity contribution in [1.82, 2.24) is 4.98 Å². The van der Waals surface area contributed by atoms with Gasteiger partial charge in [0.2, 0.25) is 5.88 Å². The van der Waals surface area contributed by atoms with Crippen molar-refractivity contribution in [2.75, 3.05) is 7.11 Å². The minimum Gasteiger partial charge on any atom is -0.480 e. The molecule has 0 atom stereocenters. The Bertz CT molecular complexity index is 683. The second-order valence-corrected chi connectivity index (χ2v) is 4.08. The number of aromatic nitrogens is 1. The monoisotopic (exact) mass is 299 g/mol. The third-order valence-electron chi connectivity index (χ3n) is 2.75. The summed E-state index contributed by atoms with van der Waals surface area (Å²) in [7, 11) is 1.30. The normalized spacial score (nSPS) is 11.3. The van der Waals surface area contributed by atoms with Crippen LogP contribution in [0.5, 0.6) is 5.88 Å². The van der Waals surface area contributed by atoms with Crippen LogP contribution in [0.15, 0.2) is 36.5 Å². The zero-order valence-corrected chi connectivity index (χ0v) is 10.7. The number of rotatable bonds is 3. The molecule has 2 rings (SSSR count). The summed E-state index contributed by atoms with van der Waals surface area (Å²) in [5.41, 5.74) is -1.59. The van der Waals surface area contributed by atoms with E-state index in [0.29, 0.717) is 12.1 Å². The van der Waals surface area contributed by atoms with Crippen molar-refractivity contribution in [2.45, 2.75) is 6.18 Å². The zero-order valence-electron chi connectivity index (χ0n) is 10.7. The van der Waals surface area contributed by atoms with Crippen LogP contribution >= 0.6 is 0 Å². The lowest BCUT2D eigenvalue weighted by Crippen LogP contribution is -2.10. The first-order valence-corrected chi connectivity index (χ1v) is 5.75. The first-order valence-electron chi connectivity index (χ1n) is 5.75. The van der Waals surface area contributed by atoms with Crippen molar-refractivity contribution in [3.8, 4) is 5.88 Å². The second-order valence-electron chi connectivity index (χ2n) is 4.08. The van der Waals surface area contributed by atoms with Gasteiger partial charge in [-0.1, -0.05) is 6.07 Å². The molecule has 0 spiro atoms. The highest BCUT2D eigenvalue weighted by Gasteiger charge is 2.34. The van der Waals surface area contributed by atoms with Gasteiger partial charge in [-0.15, -0.1) is 0 Å². The maximum atomic E-state index is 13.5. The number of carbonyl (C=O) groups excluding carboxylic acids is 1. The van der Waals surface area contributed by atoms with Crippen molar-refractivity contribution in [3.05, 3.63) is 59.0 Å². The maximum absolute atomic E-state index is 13.5. The van der Waals surface area contributed by atoms with Crippen LogP contribution in [0.4, 0.5) is 17.6 Å². The summed E-state index contributed by atoms with van der Waals surface area (Å²) in [5, 5.41) is 0. The number of halogens is 4. The molecule has 0 aliphatic rings. The van der Waals surface area contributed by atoms with Crippen molar-refractivity contribution in [2.24, 2.45) is 0 Å². The lowest BCUT2D eigenvalue weighted by atomic mass is 10.0. The number of methoxy groups -OCH3 is 1. The van der Waals surface area contributed by atoms with Gasteiger partial charge in [0.05, 0.1) is 18.2 Å². The fourth-order valence-electron chi connectivity index (χ4n) is 1.77. The van der Waals surface area contributed by atoms with Crippen molar-refractivity contribution < 1.29 is 27.1 Å². The van der Waals surface area contributed by atoms with E-state index in [4.69, 9.17) is 4.74 Å². The van der Waals surface area contributed by atoms with Crippen LogP contribution < -0.4 is 4.74 Å². The Morgan fingerprint density at radius 2 is 1.95 bits per heavy atom. The minimum absolute atomic E-state index is 0.0165. The number of hydrogen-bond acceptors (Lipinski definition) is 3. The fourth-order valence-corrected chi connectivity index (χ4v) is 1.77. The summed E-state index contributed by atoms with van der Waals surface area (Å²) in [6.07, 6.45) is -3.42. The van der Waals surface area contributed by atoms with E-state index in [-0.39, 0.29) is 17.0 Å². The van der Waals surface area contributed by atoms with E-state index in [1.54, 1.807) is 0 Å². The third-order valence-corrected chi connectivity index (χ3v) is 2.75. The molecular formula is C14H9F4NO2. The number of ether oxygens (including phenoxy) is 1. The smallest absolute Gasteiger partial charge is 0.419 e. The number of pyridine rings is 1. The highest BCUT2D eigenvalue weighted by atomic mass is 19.4. The van der Waals surface area contributed by atoms with Crippen LogP contribution in [0.1, 0.15) is 21.5 Å². The number of benzene rings is 1. The number of hydrogen-bond donors (Lipinski definition) is 0. The van der Waals surface area contributed by atoms with Crippen LogP contribution in [-0.4, -0.2) is 17.9 Å². The van der Waals surface area contributed by atoms with Gasteiger partial charge in [-0.05, 0) is 24.3 Å². The van der Waals surface area contributed by atoms with Gasteiger partial charge in [-0.2, -0.15) is 13.2 Å². The molecule has 0 fully saturated rings. The molecule has 0 saturated heterocycles. The van der Waals surface area contributed by atoms with Crippen molar-refractivity contribution >= 4 is 5.78 Å². The predicted molar refractivity (Wildman–Crippen MR) is 65.6 cm³/mol. The van der Waals surface area contributed by atoms with Crippen LogP contribution in [0.25, 0.3) is 0 Å². The Hall–Kier alpha value is -2.44. The Balaban J connectivity index is 2.43. The van der Waals surface area contributed by atoms with Crippen LogP contribution in [-0.2, 0) is 6.18 Å². The molecule has 0 unspecified atom stereocenters. The van der Waals surface area contributed by atoms with Crippen molar-refractivity contribution in [1.29, 1.82) is 0 Å². The van der Waals surface area contributed by atoms with Crippen LogP contribution in [0.2, 0.25) is 0 Å². The van der Waals surface area contributed by atoms with Crippen LogP contribution in [0, 0.1) is 5.82 Å². The number of ketones is 1. The Kier molecular flexibility index (Phi) is 3.93. The molecule has 0 N–H and O–H groups in total. The molecular weight excluding hydrogens is 290 g/mol. The van der Waals surface area contributed by atoms with E-state index < -0.39 is 23.3 Å². The Morgan fingerprint density at radius 1 is 1.24 bits per heavy atom. The summed E-state index contributed by atoms with van der Waals surface area (Å²) in [4.78, 5) is 16.0. The first kappa shape index (κ1) is 15.0. The number of alkyl halides is 3. The summed E-state index contributed by atoms with van der Waals surface area (Å²) < 4.78 is 55.8. The third kappa shape index (κ3) is 3.01. The van der Waals surface area contributed by atoms with Gasteiger partial charge in [-0.25, -0.2) is 9.37 Å². The number of carbonyl (C=O) groups is 1. The summed E-state index contributed by atoms with van der Waals surface area (Å²) in [6.45, 7) is 0. The topological polar surface area (TPSA) is 39.2 Å². The highest BCUT2D eigenvalue weighted by Crippen LogP contribution is 2.32. The molecule has 2 aromatic rings. The van der Waals surface area contributed by atoms with Gasteiger partial charge < -0.3 is 4.74 Å². The van der Waals surface area contributed by atoms with E-state index in [1.165, 1.54) is 25.4 Å². The van der Waals surface area contributed by atoms with Gasteiger partial charge in [0.15, 0.2) is 5.78 Å². The van der Waals surface area contributed by atoms with Gasteiger partial charge in [0, 0.05) is 11.8 Å². The molecule has 1 aromatic heterocycles. The molecule has 7 heteroatoms. The molecule has 3 nitrogen and oxygen atoms in total. The van der Waals surface area contributed by atoms with Gasteiger partial charge in [-0.3, -0.25) is 4.79 Å². The molecule has 21 heavy (non-hydrogen) atoms. The summed E-state index contributed by atoms with van der Waals surface area (Å²) in [5.74, 6) is -2.16. The Labute approximate surface area is 117 Å². The van der Waals surface area contributed by atoms with Gasteiger partial charge >= 0.3 is 6.18 Å². The van der Waals surface area contributed by atoms with E-state index in [2.05, 4.69) is 4.98 Å². The predicted octanol–water partition coefficient (Wildman–Crippen LogP) is 3.48. The second kappa shape index (κ2) is 5.51. The quantitative estimate of drug-likeness (QED) is 0.643. The molecule has 1 heterocycles. The highest BCUT2D eigenvalue weighted by molar-refractivity contribution is 6.10.